The molecule has 0 radical (unpaired) electrons. The van der Waals surface area contributed by atoms with Crippen molar-refractivity contribution >= 4 is 0 Å². The van der Waals surface area contributed by atoms with Crippen LogP contribution in [0.2, 0.25) is 0 Å². The smallest absolute Gasteiger partial charge is 0.140 e. The first-order valence-corrected chi connectivity index (χ1v) is 6.95. The van der Waals surface area contributed by atoms with Gasteiger partial charge in [0, 0.05) is 18.8 Å². The van der Waals surface area contributed by atoms with E-state index in [0.29, 0.717) is 5.69 Å². The Bertz CT molecular complexity index is 503. The quantitative estimate of drug-likeness (QED) is 0.878. The summed E-state index contributed by atoms with van der Waals surface area (Å²) in [6, 6.07) is 6.74. The molecule has 1 heterocycles. The van der Waals surface area contributed by atoms with E-state index in [2.05, 4.69) is 16.4 Å². The van der Waals surface area contributed by atoms with Crippen molar-refractivity contribution in [2.75, 3.05) is 0 Å². The fourth-order valence-corrected chi connectivity index (χ4v) is 4.48. The molecule has 3 aliphatic rings. The summed E-state index contributed by atoms with van der Waals surface area (Å²) in [5.74, 6) is 3.98. The molecule has 0 aliphatic heterocycles. The highest BCUT2D eigenvalue weighted by atomic mass is 15.0. The summed E-state index contributed by atoms with van der Waals surface area (Å²) in [4.78, 5) is 4.00. The van der Waals surface area contributed by atoms with Gasteiger partial charge in [-0.1, -0.05) is 0 Å². The predicted octanol–water partition coefficient (Wildman–Crippen LogP) is 2.09. The molecule has 1 aromatic rings. The molecule has 3 aliphatic carbocycles. The number of nitrogens with one attached hydrogen (secondary N) is 1. The van der Waals surface area contributed by atoms with E-state index in [1.54, 1.807) is 6.20 Å². The molecule has 1 aromatic heterocycles. The fourth-order valence-electron chi connectivity index (χ4n) is 4.48. The Morgan fingerprint density at radius 2 is 2.11 bits per heavy atom. The number of fused-ring (bicyclic) bond motifs is 5. The number of rotatable bonds is 3. The maximum Gasteiger partial charge on any atom is 0.140 e. The molecule has 0 spiro atoms. The van der Waals surface area contributed by atoms with Crippen LogP contribution in [-0.2, 0) is 6.54 Å². The Balaban J connectivity index is 1.39. The van der Waals surface area contributed by atoms with Crippen molar-refractivity contribution in [1.82, 2.24) is 10.3 Å². The number of pyridine rings is 1. The lowest BCUT2D eigenvalue weighted by molar-refractivity contribution is 0.456. The van der Waals surface area contributed by atoms with Crippen LogP contribution in [0.4, 0.5) is 0 Å². The molecule has 4 atom stereocenters. The molecule has 1 N–H and O–H groups in total. The van der Waals surface area contributed by atoms with Gasteiger partial charge in [0.25, 0.3) is 0 Å². The average molecular weight is 239 g/mol. The molecule has 4 rings (SSSR count). The van der Waals surface area contributed by atoms with Crippen LogP contribution in [0.5, 0.6) is 0 Å². The van der Waals surface area contributed by atoms with E-state index >= 15 is 0 Å². The predicted molar refractivity (Wildman–Crippen MR) is 67.4 cm³/mol. The van der Waals surface area contributed by atoms with E-state index < -0.39 is 0 Å². The summed E-state index contributed by atoms with van der Waals surface area (Å²) >= 11 is 0. The van der Waals surface area contributed by atoms with Gasteiger partial charge in [-0.15, -0.1) is 0 Å². The first-order chi connectivity index (χ1) is 8.86. The molecule has 0 aromatic carbocycles. The van der Waals surface area contributed by atoms with Crippen molar-refractivity contribution in [2.45, 2.75) is 31.8 Å². The molecule has 2 bridgehead atoms. The second-order valence-corrected chi connectivity index (χ2v) is 6.06. The zero-order chi connectivity index (χ0) is 12.1. The zero-order valence-corrected chi connectivity index (χ0v) is 10.3. The van der Waals surface area contributed by atoms with Crippen LogP contribution in [0.3, 0.4) is 0 Å². The van der Waals surface area contributed by atoms with E-state index in [4.69, 9.17) is 5.26 Å². The van der Waals surface area contributed by atoms with Crippen LogP contribution in [0, 0.1) is 35.0 Å². The number of nitrogens with zero attached hydrogens (tertiary/aromatic N) is 2. The molecule has 0 amide bonds. The first-order valence-electron chi connectivity index (χ1n) is 6.95. The fraction of sp³-hybridized carbons (Fsp3) is 0.600. The molecule has 3 nitrogen and oxygen atoms in total. The summed E-state index contributed by atoms with van der Waals surface area (Å²) in [5, 5.41) is 12.5. The van der Waals surface area contributed by atoms with Gasteiger partial charge in [-0.25, -0.2) is 4.98 Å². The van der Waals surface area contributed by atoms with Gasteiger partial charge in [-0.05, 0) is 60.6 Å². The summed E-state index contributed by atoms with van der Waals surface area (Å²) in [5.41, 5.74) is 1.70. The second kappa shape index (κ2) is 3.80. The van der Waals surface area contributed by atoms with Crippen LogP contribution in [0.25, 0.3) is 0 Å². The van der Waals surface area contributed by atoms with Crippen LogP contribution in [0.15, 0.2) is 18.3 Å². The van der Waals surface area contributed by atoms with Gasteiger partial charge < -0.3 is 5.32 Å². The molecule has 3 heteroatoms. The van der Waals surface area contributed by atoms with Gasteiger partial charge in [0.05, 0.1) is 0 Å². The second-order valence-electron chi connectivity index (χ2n) is 6.06. The maximum atomic E-state index is 8.83. The summed E-state index contributed by atoms with van der Waals surface area (Å²) in [6.45, 7) is 0.883. The van der Waals surface area contributed by atoms with E-state index in [-0.39, 0.29) is 0 Å². The van der Waals surface area contributed by atoms with Gasteiger partial charge in [0.15, 0.2) is 0 Å². The normalized spacial score (nSPS) is 39.4. The standard InChI is InChI=1S/C15H17N3/c16-7-12-5-9(3-4-17-12)8-18-15-13-10-1-2-11(6-10)14(13)15/h3-5,10-11,13-15,18H,1-2,6,8H2. The van der Waals surface area contributed by atoms with Crippen molar-refractivity contribution < 1.29 is 0 Å². The summed E-state index contributed by atoms with van der Waals surface area (Å²) in [6.07, 6.45) is 6.17. The van der Waals surface area contributed by atoms with Crippen molar-refractivity contribution in [2.24, 2.45) is 23.7 Å². The minimum atomic E-state index is 0.519. The number of hydrogen-bond donors (Lipinski definition) is 1. The SMILES string of the molecule is N#Cc1cc(CNC2C3C4CCC(C4)C23)ccn1. The van der Waals surface area contributed by atoms with E-state index in [0.717, 1.165) is 36.3 Å². The van der Waals surface area contributed by atoms with Crippen molar-refractivity contribution in [3.63, 3.8) is 0 Å². The topological polar surface area (TPSA) is 48.7 Å². The van der Waals surface area contributed by atoms with E-state index in [9.17, 15) is 0 Å². The maximum absolute atomic E-state index is 8.83. The molecule has 3 saturated carbocycles. The first kappa shape index (κ1) is 10.5. The molecular formula is C15H17N3. The third-order valence-electron chi connectivity index (χ3n) is 5.22. The molecule has 92 valence electrons. The Morgan fingerprint density at radius 3 is 2.83 bits per heavy atom. The number of hydrogen-bond acceptors (Lipinski definition) is 3. The zero-order valence-electron chi connectivity index (χ0n) is 10.3. The third-order valence-corrected chi connectivity index (χ3v) is 5.22. The van der Waals surface area contributed by atoms with Crippen molar-refractivity contribution in [3.05, 3.63) is 29.6 Å². The highest BCUT2D eigenvalue weighted by Gasteiger charge is 2.64. The Morgan fingerprint density at radius 1 is 1.33 bits per heavy atom. The molecular weight excluding hydrogens is 222 g/mol. The molecule has 0 saturated heterocycles. The van der Waals surface area contributed by atoms with E-state index in [1.165, 1.54) is 24.8 Å². The molecule has 4 unspecified atom stereocenters. The van der Waals surface area contributed by atoms with Crippen molar-refractivity contribution in [3.8, 4) is 6.07 Å². The number of nitriles is 1. The lowest BCUT2D eigenvalue weighted by Gasteiger charge is -2.10. The van der Waals surface area contributed by atoms with E-state index in [1.807, 2.05) is 12.1 Å². The van der Waals surface area contributed by atoms with Gasteiger partial charge in [-0.2, -0.15) is 5.26 Å². The summed E-state index contributed by atoms with van der Waals surface area (Å²) < 4.78 is 0. The molecule has 3 fully saturated rings. The lowest BCUT2D eigenvalue weighted by Crippen LogP contribution is -2.22. The summed E-state index contributed by atoms with van der Waals surface area (Å²) in [7, 11) is 0. The Labute approximate surface area is 107 Å². The van der Waals surface area contributed by atoms with Gasteiger partial charge >= 0.3 is 0 Å². The minimum absolute atomic E-state index is 0.519. The highest BCUT2D eigenvalue weighted by molar-refractivity contribution is 5.26. The average Bonchev–Trinajstić information content (AvgIpc) is 2.80. The Kier molecular flexibility index (Phi) is 2.22. The van der Waals surface area contributed by atoms with Gasteiger partial charge in [0.1, 0.15) is 11.8 Å². The van der Waals surface area contributed by atoms with Crippen LogP contribution < -0.4 is 5.32 Å². The van der Waals surface area contributed by atoms with Crippen molar-refractivity contribution in [1.29, 1.82) is 5.26 Å². The van der Waals surface area contributed by atoms with Crippen LogP contribution in [-0.4, -0.2) is 11.0 Å². The van der Waals surface area contributed by atoms with Crippen LogP contribution in [0.1, 0.15) is 30.5 Å². The minimum Gasteiger partial charge on any atom is -0.309 e. The third kappa shape index (κ3) is 1.49. The molecule has 18 heavy (non-hydrogen) atoms. The highest BCUT2D eigenvalue weighted by Crippen LogP contribution is 2.65. The van der Waals surface area contributed by atoms with Crippen LogP contribution >= 0.6 is 0 Å². The number of aromatic nitrogens is 1. The monoisotopic (exact) mass is 239 g/mol. The van der Waals surface area contributed by atoms with Gasteiger partial charge in [-0.3, -0.25) is 0 Å². The lowest BCUT2D eigenvalue weighted by atomic mass is 10.0. The Hall–Kier alpha value is -1.40. The largest absolute Gasteiger partial charge is 0.309 e. The van der Waals surface area contributed by atoms with Gasteiger partial charge in [0.2, 0.25) is 0 Å².